The number of carbonyl (C=O) groups excluding carboxylic acids is 3. The van der Waals surface area contributed by atoms with Gasteiger partial charge < -0.3 is 29.0 Å². The molecule has 1 aromatic rings. The van der Waals surface area contributed by atoms with Crippen LogP contribution >= 0.6 is 0 Å². The molecule has 0 aromatic heterocycles. The Morgan fingerprint density at radius 2 is 1.59 bits per heavy atom. The molecule has 1 fully saturated rings. The van der Waals surface area contributed by atoms with Crippen LogP contribution in [0.25, 0.3) is 0 Å². The number of nitrogens with one attached hydrogen (secondary N) is 1. The zero-order chi connectivity index (χ0) is 27.3. The molecule has 208 valence electrons. The summed E-state index contributed by atoms with van der Waals surface area (Å²) < 4.78 is 27.3. The van der Waals surface area contributed by atoms with E-state index in [1.165, 1.54) is 6.92 Å². The number of hydrogen-bond acceptors (Lipinski definition) is 8. The zero-order valence-corrected chi connectivity index (χ0v) is 22.9. The number of carbonyl (C=O) groups is 3. The van der Waals surface area contributed by atoms with E-state index in [-0.39, 0.29) is 44.7 Å². The number of benzene rings is 1. The molecular weight excluding hydrogens is 478 g/mol. The summed E-state index contributed by atoms with van der Waals surface area (Å²) in [6, 6.07) is 9.53. The molecule has 0 bridgehead atoms. The maximum Gasteiger partial charge on any atom is 0.410 e. The molecule has 2 rings (SSSR count). The third-order valence-corrected chi connectivity index (χ3v) is 6.48. The first-order valence-corrected chi connectivity index (χ1v) is 13.3. The van der Waals surface area contributed by atoms with Gasteiger partial charge in [-0.1, -0.05) is 63.4 Å². The molecule has 1 amide bonds. The van der Waals surface area contributed by atoms with Crippen molar-refractivity contribution in [2.45, 2.75) is 91.8 Å². The summed E-state index contributed by atoms with van der Waals surface area (Å²) in [5.74, 6) is -2.96. The molecule has 0 heterocycles. The standard InChI is InChI=1S/C28H43NO8/c1-6-34-27(5,35-7-2)25(31)36-24(21(3)4)37-26(32)29-20-28(16-12-9-13-17-28)18-23(30)33-19-22-14-10-8-11-15-22/h8,10-11,14-15,21,24H,6-7,9,12-13,16-20H2,1-5H3,(H,29,32). The second-order valence-corrected chi connectivity index (χ2v) is 9.97. The summed E-state index contributed by atoms with van der Waals surface area (Å²) in [5, 5.41) is 2.80. The minimum atomic E-state index is -1.59. The normalized spacial score (nSPS) is 16.1. The molecular formula is C28H43NO8. The number of ether oxygens (including phenoxy) is 5. The summed E-state index contributed by atoms with van der Waals surface area (Å²) in [7, 11) is 0. The molecule has 1 N–H and O–H groups in total. The largest absolute Gasteiger partial charge is 0.461 e. The van der Waals surface area contributed by atoms with Crippen molar-refractivity contribution < 1.29 is 38.1 Å². The van der Waals surface area contributed by atoms with Gasteiger partial charge in [-0.2, -0.15) is 0 Å². The zero-order valence-electron chi connectivity index (χ0n) is 22.9. The molecule has 0 saturated heterocycles. The predicted octanol–water partition coefficient (Wildman–Crippen LogP) is 5.11. The lowest BCUT2D eigenvalue weighted by molar-refractivity contribution is -0.253. The van der Waals surface area contributed by atoms with E-state index < -0.39 is 29.6 Å². The van der Waals surface area contributed by atoms with Crippen molar-refractivity contribution in [1.82, 2.24) is 5.32 Å². The van der Waals surface area contributed by atoms with Gasteiger partial charge in [0.05, 0.1) is 6.42 Å². The van der Waals surface area contributed by atoms with E-state index in [2.05, 4.69) is 5.32 Å². The van der Waals surface area contributed by atoms with Crippen LogP contribution in [0.1, 0.15) is 78.7 Å². The Labute approximate surface area is 220 Å². The predicted molar refractivity (Wildman–Crippen MR) is 137 cm³/mol. The fraction of sp³-hybridized carbons (Fsp3) is 0.679. The average Bonchev–Trinajstić information content (AvgIpc) is 2.87. The lowest BCUT2D eigenvalue weighted by Gasteiger charge is -2.36. The molecule has 1 aromatic carbocycles. The van der Waals surface area contributed by atoms with Crippen LogP contribution in [0.5, 0.6) is 0 Å². The van der Waals surface area contributed by atoms with Gasteiger partial charge in [0, 0.05) is 32.6 Å². The fourth-order valence-electron chi connectivity index (χ4n) is 4.44. The second kappa shape index (κ2) is 14.9. The molecule has 9 heteroatoms. The van der Waals surface area contributed by atoms with E-state index in [1.54, 1.807) is 27.7 Å². The Hall–Kier alpha value is -2.65. The topological polar surface area (TPSA) is 109 Å². The van der Waals surface area contributed by atoms with Gasteiger partial charge in [0.25, 0.3) is 12.1 Å². The van der Waals surface area contributed by atoms with E-state index in [4.69, 9.17) is 23.7 Å². The lowest BCUT2D eigenvalue weighted by Crippen LogP contribution is -2.47. The highest BCUT2D eigenvalue weighted by molar-refractivity contribution is 5.78. The first-order chi connectivity index (χ1) is 17.6. The van der Waals surface area contributed by atoms with Gasteiger partial charge >= 0.3 is 18.0 Å². The molecule has 1 saturated carbocycles. The second-order valence-electron chi connectivity index (χ2n) is 9.97. The number of rotatable bonds is 14. The van der Waals surface area contributed by atoms with Crippen molar-refractivity contribution in [1.29, 1.82) is 0 Å². The van der Waals surface area contributed by atoms with Crippen LogP contribution in [0.4, 0.5) is 4.79 Å². The first kappa shape index (κ1) is 30.6. The first-order valence-electron chi connectivity index (χ1n) is 13.3. The van der Waals surface area contributed by atoms with E-state index in [0.717, 1.165) is 37.7 Å². The van der Waals surface area contributed by atoms with Gasteiger partial charge in [0.2, 0.25) is 0 Å². The van der Waals surface area contributed by atoms with E-state index >= 15 is 0 Å². The molecule has 0 spiro atoms. The van der Waals surface area contributed by atoms with Crippen LogP contribution in [-0.2, 0) is 39.9 Å². The Morgan fingerprint density at radius 3 is 2.16 bits per heavy atom. The summed E-state index contributed by atoms with van der Waals surface area (Å²) in [4.78, 5) is 38.1. The summed E-state index contributed by atoms with van der Waals surface area (Å²) >= 11 is 0. The van der Waals surface area contributed by atoms with Gasteiger partial charge in [-0.25, -0.2) is 9.59 Å². The van der Waals surface area contributed by atoms with Crippen LogP contribution in [0.3, 0.4) is 0 Å². The summed E-state index contributed by atoms with van der Waals surface area (Å²) in [6.07, 6.45) is 3.01. The van der Waals surface area contributed by atoms with Crippen LogP contribution in [0, 0.1) is 11.3 Å². The minimum absolute atomic E-state index is 0.212. The maximum absolute atomic E-state index is 12.7. The summed E-state index contributed by atoms with van der Waals surface area (Å²) in [6.45, 7) is 9.48. The van der Waals surface area contributed by atoms with Gasteiger partial charge in [-0.05, 0) is 37.7 Å². The van der Waals surface area contributed by atoms with Crippen molar-refractivity contribution in [3.63, 3.8) is 0 Å². The van der Waals surface area contributed by atoms with Crippen molar-refractivity contribution in [2.75, 3.05) is 19.8 Å². The average molecular weight is 522 g/mol. The van der Waals surface area contributed by atoms with E-state index in [1.807, 2.05) is 30.3 Å². The van der Waals surface area contributed by atoms with Crippen LogP contribution in [0.2, 0.25) is 0 Å². The molecule has 0 radical (unpaired) electrons. The van der Waals surface area contributed by atoms with Crippen molar-refractivity contribution in [2.24, 2.45) is 11.3 Å². The van der Waals surface area contributed by atoms with Crippen LogP contribution < -0.4 is 5.32 Å². The minimum Gasteiger partial charge on any atom is -0.461 e. The van der Waals surface area contributed by atoms with E-state index in [9.17, 15) is 14.4 Å². The molecule has 1 unspecified atom stereocenters. The van der Waals surface area contributed by atoms with Crippen molar-refractivity contribution in [3.05, 3.63) is 35.9 Å². The quantitative estimate of drug-likeness (QED) is 0.266. The van der Waals surface area contributed by atoms with Crippen LogP contribution in [-0.4, -0.2) is 49.9 Å². The van der Waals surface area contributed by atoms with Gasteiger partial charge in [-0.15, -0.1) is 0 Å². The van der Waals surface area contributed by atoms with E-state index in [0.29, 0.717) is 0 Å². The third-order valence-electron chi connectivity index (χ3n) is 6.48. The number of esters is 2. The van der Waals surface area contributed by atoms with Crippen molar-refractivity contribution in [3.8, 4) is 0 Å². The summed E-state index contributed by atoms with van der Waals surface area (Å²) in [5.41, 5.74) is 0.520. The SMILES string of the molecule is CCOC(C)(OCC)C(=O)OC(OC(=O)NCC1(CC(=O)OCc2ccccc2)CCCCC1)C(C)C. The monoisotopic (exact) mass is 521 g/mol. The molecule has 9 nitrogen and oxygen atoms in total. The highest BCUT2D eigenvalue weighted by Crippen LogP contribution is 2.39. The Kier molecular flexibility index (Phi) is 12.3. The third kappa shape index (κ3) is 9.97. The van der Waals surface area contributed by atoms with Gasteiger partial charge in [-0.3, -0.25) is 4.79 Å². The molecule has 1 aliphatic carbocycles. The maximum atomic E-state index is 12.7. The molecule has 0 aliphatic heterocycles. The smallest absolute Gasteiger partial charge is 0.410 e. The number of alkyl carbamates (subject to hydrolysis) is 1. The number of amides is 1. The number of hydrogen-bond donors (Lipinski definition) is 1. The Morgan fingerprint density at radius 1 is 0.973 bits per heavy atom. The van der Waals surface area contributed by atoms with Gasteiger partial charge in [0.15, 0.2) is 0 Å². The fourth-order valence-corrected chi connectivity index (χ4v) is 4.44. The highest BCUT2D eigenvalue weighted by atomic mass is 16.8. The van der Waals surface area contributed by atoms with Crippen LogP contribution in [0.15, 0.2) is 30.3 Å². The lowest BCUT2D eigenvalue weighted by atomic mass is 9.71. The molecule has 1 atom stereocenters. The Balaban J connectivity index is 1.95. The highest BCUT2D eigenvalue weighted by Gasteiger charge is 2.40. The molecule has 1 aliphatic rings. The molecule has 37 heavy (non-hydrogen) atoms. The van der Waals surface area contributed by atoms with Gasteiger partial charge in [0.1, 0.15) is 6.61 Å². The Bertz CT molecular complexity index is 845. The van der Waals surface area contributed by atoms with Crippen molar-refractivity contribution >= 4 is 18.0 Å².